The van der Waals surface area contributed by atoms with E-state index in [1.807, 2.05) is 0 Å². The summed E-state index contributed by atoms with van der Waals surface area (Å²) in [5, 5.41) is 14.1. The summed E-state index contributed by atoms with van der Waals surface area (Å²) in [6, 6.07) is 0. The Morgan fingerprint density at radius 2 is 0.960 bits per heavy atom. The summed E-state index contributed by atoms with van der Waals surface area (Å²) in [6.07, 6.45) is 11.1. The van der Waals surface area contributed by atoms with E-state index in [2.05, 4.69) is 77.4 Å². The van der Waals surface area contributed by atoms with Crippen LogP contribution in [0.3, 0.4) is 0 Å². The zero-order valence-electron chi connectivity index (χ0n) is 16.7. The van der Waals surface area contributed by atoms with Crippen LogP contribution in [0, 0.1) is 11.8 Å². The molecule has 0 aliphatic rings. The van der Waals surface area contributed by atoms with Gasteiger partial charge in [0, 0.05) is 0 Å². The molecule has 0 fully saturated rings. The Morgan fingerprint density at radius 3 is 1.08 bits per heavy atom. The molecule has 25 heavy (non-hydrogen) atoms. The molecule has 4 nitrogen and oxygen atoms in total. The maximum absolute atomic E-state index is 7.56. The maximum atomic E-state index is 7.56. The van der Waals surface area contributed by atoms with E-state index in [0.29, 0.717) is 0 Å². The zero-order chi connectivity index (χ0) is 20.0. The van der Waals surface area contributed by atoms with E-state index in [1.165, 1.54) is 51.4 Å². The first kappa shape index (κ1) is 36.3. The van der Waals surface area contributed by atoms with Gasteiger partial charge in [-0.1, -0.05) is 92.9 Å². The second kappa shape index (κ2) is 32.1. The van der Waals surface area contributed by atoms with Crippen LogP contribution in [0.2, 0.25) is 0 Å². The number of hydrogen-bond donors (Lipinski definition) is 4. The Labute approximate surface area is 189 Å². The van der Waals surface area contributed by atoms with Gasteiger partial charge in [-0.2, -0.15) is 0 Å². The van der Waals surface area contributed by atoms with Gasteiger partial charge in [0.05, 0.1) is 0 Å². The quantitative estimate of drug-likeness (QED) is 0.320. The molecule has 0 rings (SSSR count). The monoisotopic (exact) mass is 406 g/mol. The van der Waals surface area contributed by atoms with E-state index in [-0.39, 0.29) is 29.6 Å². The summed E-state index contributed by atoms with van der Waals surface area (Å²) in [5.74, 6) is 1.91. The minimum atomic E-state index is -0.500. The number of unbranched alkanes of at least 4 members (excludes halogenated alkanes) is 2. The molecule has 0 heterocycles. The fraction of sp³-hybridized carbons (Fsp3) is 0.889. The molecule has 150 valence electrons. The van der Waals surface area contributed by atoms with Crippen molar-refractivity contribution in [3.05, 3.63) is 0 Å². The van der Waals surface area contributed by atoms with Crippen LogP contribution < -0.4 is 11.5 Å². The molecule has 0 aliphatic heterocycles. The van der Waals surface area contributed by atoms with E-state index in [1.54, 1.807) is 0 Å². The van der Waals surface area contributed by atoms with Gasteiger partial charge in [-0.25, -0.2) is 0 Å². The van der Waals surface area contributed by atoms with E-state index < -0.39 is 10.3 Å². The van der Waals surface area contributed by atoms with Crippen molar-refractivity contribution in [3.63, 3.8) is 0 Å². The fourth-order valence-electron chi connectivity index (χ4n) is 1.51. The van der Waals surface area contributed by atoms with Gasteiger partial charge in [-0.15, -0.1) is 0 Å². The van der Waals surface area contributed by atoms with Crippen molar-refractivity contribution < 1.29 is 10.2 Å². The Bertz CT molecular complexity index is 237. The van der Waals surface area contributed by atoms with Crippen LogP contribution in [0.4, 0.5) is 0 Å². The molecule has 0 radical (unpaired) electrons. The summed E-state index contributed by atoms with van der Waals surface area (Å²) in [6.45, 7) is 13.7. The Morgan fingerprint density at radius 1 is 0.760 bits per heavy atom. The van der Waals surface area contributed by atoms with Crippen molar-refractivity contribution in [3.8, 4) is 0 Å². The first-order valence-electron chi connectivity index (χ1n) is 9.05. The third-order valence-electron chi connectivity index (χ3n) is 3.49. The molecule has 0 saturated carbocycles. The van der Waals surface area contributed by atoms with Crippen LogP contribution in [0.1, 0.15) is 92.9 Å². The summed E-state index contributed by atoms with van der Waals surface area (Å²) in [7, 11) is 0. The average molecular weight is 407 g/mol. The Hall–Kier alpha value is 0.380. The minimum absolute atomic E-state index is 0. The van der Waals surface area contributed by atoms with Crippen molar-refractivity contribution in [2.24, 2.45) is 23.3 Å². The topological polar surface area (TPSA) is 92.5 Å². The van der Waals surface area contributed by atoms with Crippen molar-refractivity contribution >= 4 is 64.3 Å². The van der Waals surface area contributed by atoms with E-state index >= 15 is 0 Å². The molecule has 0 spiro atoms. The van der Waals surface area contributed by atoms with Gasteiger partial charge >= 0.3 is 29.6 Å². The first-order valence-corrected chi connectivity index (χ1v) is 9.87. The summed E-state index contributed by atoms with van der Waals surface area (Å²) >= 11 is 7.74. The van der Waals surface area contributed by atoms with Crippen LogP contribution in [0.15, 0.2) is 0 Å². The SMILES string of the molecule is CCCCC(C)CC.CCCCC(C)CC.NC(O)=S.NC(O)=S.[NaH]. The second-order valence-corrected chi connectivity index (χ2v) is 6.82. The first-order chi connectivity index (χ1) is 11.1. The zero-order valence-corrected chi connectivity index (χ0v) is 18.3. The van der Waals surface area contributed by atoms with Crippen molar-refractivity contribution in [2.45, 2.75) is 92.9 Å². The molecule has 0 aromatic rings. The molecule has 0 aliphatic carbocycles. The molecule has 6 N–H and O–H groups in total. The number of rotatable bonds is 8. The summed E-state index contributed by atoms with van der Waals surface area (Å²) < 4.78 is 0. The predicted octanol–water partition coefficient (Wildman–Crippen LogP) is 5.37. The van der Waals surface area contributed by atoms with E-state index in [0.717, 1.165) is 11.8 Å². The van der Waals surface area contributed by atoms with Gasteiger partial charge < -0.3 is 21.7 Å². The van der Waals surface area contributed by atoms with Gasteiger partial charge in [0.1, 0.15) is 0 Å². The Balaban J connectivity index is -0.0000000739. The van der Waals surface area contributed by atoms with Crippen LogP contribution >= 0.6 is 24.4 Å². The molecule has 0 aromatic heterocycles. The molecule has 0 amide bonds. The number of aliphatic hydroxyl groups is 2. The van der Waals surface area contributed by atoms with Gasteiger partial charge in [-0.05, 0) is 36.3 Å². The second-order valence-electron chi connectivity index (χ2n) is 5.99. The molecule has 7 heteroatoms. The van der Waals surface area contributed by atoms with Gasteiger partial charge in [0.25, 0.3) is 10.3 Å². The predicted molar refractivity (Wildman–Crippen MR) is 124 cm³/mol. The van der Waals surface area contributed by atoms with Gasteiger partial charge in [0.15, 0.2) is 0 Å². The van der Waals surface area contributed by atoms with Crippen LogP contribution in [0.25, 0.3) is 0 Å². The fourth-order valence-corrected chi connectivity index (χ4v) is 1.51. The van der Waals surface area contributed by atoms with E-state index in [4.69, 9.17) is 10.2 Å². The normalized spacial score (nSPS) is 10.8. The van der Waals surface area contributed by atoms with Gasteiger partial charge in [-0.3, -0.25) is 0 Å². The van der Waals surface area contributed by atoms with Gasteiger partial charge in [0.2, 0.25) is 0 Å². The molecule has 0 aromatic carbocycles. The third-order valence-corrected chi connectivity index (χ3v) is 3.49. The molecule has 0 saturated heterocycles. The van der Waals surface area contributed by atoms with Crippen LogP contribution in [0.5, 0.6) is 0 Å². The van der Waals surface area contributed by atoms with Crippen molar-refractivity contribution in [1.82, 2.24) is 0 Å². The number of aliphatic hydroxyl groups excluding tert-OH is 2. The number of hydrogen-bond acceptors (Lipinski definition) is 2. The molecule has 0 bridgehead atoms. The molecular weight excluding hydrogens is 363 g/mol. The summed E-state index contributed by atoms with van der Waals surface area (Å²) in [5.41, 5.74) is 8.80. The molecule has 2 unspecified atom stereocenters. The standard InChI is InChI=1S/2C8H18.2CH3NOS.Na.H/c2*1-4-6-7-8(3)5-2;2*2-1(3)4;;/h2*8H,4-7H2,1-3H3;2*(H3,2,3,4);;. The van der Waals surface area contributed by atoms with Crippen molar-refractivity contribution in [2.75, 3.05) is 0 Å². The molecule has 2 atom stereocenters. The third kappa shape index (κ3) is 79.7. The average Bonchev–Trinajstić information content (AvgIpc) is 2.49. The van der Waals surface area contributed by atoms with Crippen LogP contribution in [-0.4, -0.2) is 50.1 Å². The summed E-state index contributed by atoms with van der Waals surface area (Å²) in [4.78, 5) is 0. The molecular formula is C18H43N2NaO2S2. The van der Waals surface area contributed by atoms with Crippen molar-refractivity contribution in [1.29, 1.82) is 0 Å². The Kier molecular flexibility index (Phi) is 46.6. The number of thiocarbonyl (C=S) groups is 2. The number of nitrogens with two attached hydrogens (primary N) is 2. The van der Waals surface area contributed by atoms with Crippen LogP contribution in [-0.2, 0) is 0 Å². The van der Waals surface area contributed by atoms with E-state index in [9.17, 15) is 0 Å².